The third kappa shape index (κ3) is 2.31. The molecule has 0 bridgehead atoms. The minimum Gasteiger partial charge on any atom is -0.497 e. The minimum atomic E-state index is -1.41. The fraction of sp³-hybridized carbons (Fsp3) is 0.238. The van der Waals surface area contributed by atoms with Crippen LogP contribution in [0.2, 0.25) is 0 Å². The van der Waals surface area contributed by atoms with Gasteiger partial charge in [-0.3, -0.25) is 0 Å². The van der Waals surface area contributed by atoms with Crippen molar-refractivity contribution in [3.63, 3.8) is 0 Å². The lowest BCUT2D eigenvalue weighted by molar-refractivity contribution is 0.0861. The van der Waals surface area contributed by atoms with Crippen molar-refractivity contribution in [1.82, 2.24) is 0 Å². The minimum absolute atomic E-state index is 0.221. The van der Waals surface area contributed by atoms with Crippen LogP contribution in [0.1, 0.15) is 17.2 Å². The summed E-state index contributed by atoms with van der Waals surface area (Å²) < 4.78 is 11.2. The maximum atomic E-state index is 10.1. The van der Waals surface area contributed by atoms with Gasteiger partial charge in [-0.2, -0.15) is 10.5 Å². The van der Waals surface area contributed by atoms with Crippen molar-refractivity contribution in [2.45, 2.75) is 11.5 Å². The fourth-order valence-corrected chi connectivity index (χ4v) is 3.54. The molecule has 0 saturated carbocycles. The molecule has 3 rings (SSSR count). The van der Waals surface area contributed by atoms with E-state index in [1.807, 2.05) is 42.5 Å². The lowest BCUT2D eigenvalue weighted by atomic mass is 9.60. The largest absolute Gasteiger partial charge is 0.497 e. The van der Waals surface area contributed by atoms with E-state index in [2.05, 4.69) is 18.7 Å². The molecule has 0 N–H and O–H groups in total. The Hall–Kier alpha value is -3.08. The monoisotopic (exact) mass is 330 g/mol. The predicted octanol–water partition coefficient (Wildman–Crippen LogP) is 3.92. The number of nitriles is 2. The summed E-state index contributed by atoms with van der Waals surface area (Å²) in [4.78, 5) is 0. The van der Waals surface area contributed by atoms with E-state index in [9.17, 15) is 10.5 Å². The summed E-state index contributed by atoms with van der Waals surface area (Å²) in [6, 6.07) is 21.3. The average Bonchev–Trinajstić information content (AvgIpc) is 3.04. The molecule has 1 aliphatic heterocycles. The van der Waals surface area contributed by atoms with E-state index in [1.54, 1.807) is 25.3 Å². The van der Waals surface area contributed by atoms with Crippen LogP contribution in [-0.4, -0.2) is 13.7 Å². The van der Waals surface area contributed by atoms with Crippen molar-refractivity contribution in [3.8, 4) is 17.9 Å². The van der Waals surface area contributed by atoms with E-state index in [1.165, 1.54) is 0 Å². The van der Waals surface area contributed by atoms with Crippen LogP contribution in [0.5, 0.6) is 5.75 Å². The lowest BCUT2D eigenvalue weighted by Crippen LogP contribution is -2.42. The molecule has 2 aromatic rings. The summed E-state index contributed by atoms with van der Waals surface area (Å²) >= 11 is 0. The number of ether oxygens (including phenoxy) is 2. The Labute approximate surface area is 147 Å². The first kappa shape index (κ1) is 16.8. The number of nitrogens with zero attached hydrogens (tertiary/aromatic N) is 2. The van der Waals surface area contributed by atoms with Crippen molar-refractivity contribution < 1.29 is 9.47 Å². The Morgan fingerprint density at radius 2 is 1.76 bits per heavy atom. The topological polar surface area (TPSA) is 66.0 Å². The Kier molecular flexibility index (Phi) is 4.31. The molecule has 0 radical (unpaired) electrons. The lowest BCUT2D eigenvalue weighted by Gasteiger charge is -2.35. The second kappa shape index (κ2) is 6.43. The quantitative estimate of drug-likeness (QED) is 0.797. The maximum Gasteiger partial charge on any atom is 0.188 e. The van der Waals surface area contributed by atoms with Gasteiger partial charge >= 0.3 is 0 Å². The third-order valence-electron chi connectivity index (χ3n) is 4.98. The summed E-state index contributed by atoms with van der Waals surface area (Å²) in [6.07, 6.45) is 1.00. The molecule has 0 aliphatic carbocycles. The molecule has 0 aromatic heterocycles. The normalized spacial score (nSPS) is 24.0. The molecule has 4 nitrogen and oxygen atoms in total. The molecular weight excluding hydrogens is 312 g/mol. The molecule has 0 unspecified atom stereocenters. The Morgan fingerprint density at radius 1 is 1.12 bits per heavy atom. The van der Waals surface area contributed by atoms with Gasteiger partial charge in [0.15, 0.2) is 5.41 Å². The highest BCUT2D eigenvalue weighted by Crippen LogP contribution is 2.57. The highest BCUT2D eigenvalue weighted by Gasteiger charge is 2.63. The number of methoxy groups -OCH3 is 1. The standard InChI is InChI=1S/C21H18N2O2/c1-3-20(17-7-5-4-6-8-17)15-25-19(21(20,13-22)14-23)16-9-11-18(24-2)12-10-16/h3-12,19H,1,15H2,2H3/t19-,20+/m1/s1. The molecule has 2 atom stereocenters. The number of hydrogen-bond acceptors (Lipinski definition) is 4. The molecule has 1 aliphatic rings. The van der Waals surface area contributed by atoms with Crippen LogP contribution in [0.3, 0.4) is 0 Å². The maximum absolute atomic E-state index is 10.1. The van der Waals surface area contributed by atoms with Crippen LogP contribution in [-0.2, 0) is 10.2 Å². The first-order valence-corrected chi connectivity index (χ1v) is 7.94. The van der Waals surface area contributed by atoms with Gasteiger partial charge in [0.2, 0.25) is 0 Å². The van der Waals surface area contributed by atoms with E-state index in [0.717, 1.165) is 11.1 Å². The van der Waals surface area contributed by atoms with Gasteiger partial charge in [-0.25, -0.2) is 0 Å². The number of benzene rings is 2. The average molecular weight is 330 g/mol. The Bertz CT molecular complexity index is 832. The van der Waals surface area contributed by atoms with E-state index in [-0.39, 0.29) is 6.61 Å². The summed E-state index contributed by atoms with van der Waals surface area (Å²) in [5.41, 5.74) is -0.694. The van der Waals surface area contributed by atoms with Crippen molar-refractivity contribution in [2.75, 3.05) is 13.7 Å². The summed E-state index contributed by atoms with van der Waals surface area (Å²) in [5, 5.41) is 20.1. The SMILES string of the molecule is C=C[C@@]1(c2ccccc2)CO[C@H](c2ccc(OC)cc2)C1(C#N)C#N. The van der Waals surface area contributed by atoms with Crippen LogP contribution in [0.4, 0.5) is 0 Å². The van der Waals surface area contributed by atoms with Gasteiger partial charge in [0.25, 0.3) is 0 Å². The van der Waals surface area contributed by atoms with E-state index >= 15 is 0 Å². The van der Waals surface area contributed by atoms with Crippen LogP contribution in [0.25, 0.3) is 0 Å². The van der Waals surface area contributed by atoms with Gasteiger partial charge < -0.3 is 9.47 Å². The molecule has 0 spiro atoms. The highest BCUT2D eigenvalue weighted by molar-refractivity contribution is 5.48. The van der Waals surface area contributed by atoms with Gasteiger partial charge in [-0.1, -0.05) is 48.5 Å². The number of rotatable bonds is 4. The van der Waals surface area contributed by atoms with Gasteiger partial charge in [0.1, 0.15) is 11.9 Å². The molecular formula is C21H18N2O2. The van der Waals surface area contributed by atoms with Crippen LogP contribution in [0.15, 0.2) is 67.3 Å². The van der Waals surface area contributed by atoms with E-state index < -0.39 is 16.9 Å². The molecule has 1 fully saturated rings. The van der Waals surface area contributed by atoms with Gasteiger partial charge in [0.05, 0.1) is 31.3 Å². The molecule has 1 saturated heterocycles. The summed E-state index contributed by atoms with van der Waals surface area (Å²) in [7, 11) is 1.59. The first-order valence-electron chi connectivity index (χ1n) is 7.94. The Morgan fingerprint density at radius 3 is 2.28 bits per heavy atom. The summed E-state index contributed by atoms with van der Waals surface area (Å²) in [6.45, 7) is 4.16. The molecule has 1 heterocycles. The van der Waals surface area contributed by atoms with Crippen LogP contribution in [0, 0.1) is 28.1 Å². The zero-order valence-electron chi connectivity index (χ0n) is 14.0. The van der Waals surface area contributed by atoms with E-state index in [4.69, 9.17) is 9.47 Å². The first-order chi connectivity index (χ1) is 12.2. The fourth-order valence-electron chi connectivity index (χ4n) is 3.54. The third-order valence-corrected chi connectivity index (χ3v) is 4.98. The van der Waals surface area contributed by atoms with E-state index in [0.29, 0.717) is 5.75 Å². The van der Waals surface area contributed by atoms with Crippen LogP contribution >= 0.6 is 0 Å². The molecule has 124 valence electrons. The summed E-state index contributed by atoms with van der Waals surface area (Å²) in [5.74, 6) is 0.708. The molecule has 0 amide bonds. The van der Waals surface area contributed by atoms with Crippen molar-refractivity contribution >= 4 is 0 Å². The van der Waals surface area contributed by atoms with Gasteiger partial charge in [0, 0.05) is 0 Å². The molecule has 4 heteroatoms. The molecule has 2 aromatic carbocycles. The van der Waals surface area contributed by atoms with Crippen molar-refractivity contribution in [3.05, 3.63) is 78.4 Å². The van der Waals surface area contributed by atoms with Crippen LogP contribution < -0.4 is 4.74 Å². The Balaban J connectivity index is 2.16. The van der Waals surface area contributed by atoms with Gasteiger partial charge in [-0.05, 0) is 23.3 Å². The zero-order valence-corrected chi connectivity index (χ0v) is 14.0. The smallest absolute Gasteiger partial charge is 0.188 e. The molecule has 25 heavy (non-hydrogen) atoms. The zero-order chi connectivity index (χ0) is 17.9. The van der Waals surface area contributed by atoms with Gasteiger partial charge in [-0.15, -0.1) is 6.58 Å². The van der Waals surface area contributed by atoms with Crippen molar-refractivity contribution in [2.24, 2.45) is 5.41 Å². The number of hydrogen-bond donors (Lipinski definition) is 0. The van der Waals surface area contributed by atoms with Crippen molar-refractivity contribution in [1.29, 1.82) is 10.5 Å². The second-order valence-corrected chi connectivity index (χ2v) is 6.04. The predicted molar refractivity (Wildman–Crippen MR) is 93.7 cm³/mol. The highest BCUT2D eigenvalue weighted by atomic mass is 16.5. The second-order valence-electron chi connectivity index (χ2n) is 6.04.